The highest BCUT2D eigenvalue weighted by atomic mass is 16.5. The van der Waals surface area contributed by atoms with E-state index in [4.69, 9.17) is 9.72 Å². The zero-order valence-electron chi connectivity index (χ0n) is 15.4. The molecule has 0 aliphatic carbocycles. The van der Waals surface area contributed by atoms with E-state index in [-0.39, 0.29) is 6.04 Å². The molecule has 4 nitrogen and oxygen atoms in total. The predicted molar refractivity (Wildman–Crippen MR) is 103 cm³/mol. The normalized spacial score (nSPS) is 14.0. The van der Waals surface area contributed by atoms with Crippen LogP contribution in [-0.2, 0) is 6.42 Å². The van der Waals surface area contributed by atoms with Gasteiger partial charge in [0.2, 0.25) is 0 Å². The molecule has 0 aliphatic rings. The largest absolute Gasteiger partial charge is 0.496 e. The molecular formula is C21H27N3O. The molecule has 25 heavy (non-hydrogen) atoms. The van der Waals surface area contributed by atoms with E-state index in [2.05, 4.69) is 49.3 Å². The lowest BCUT2D eigenvalue weighted by atomic mass is 10.00. The van der Waals surface area contributed by atoms with Gasteiger partial charge in [-0.15, -0.1) is 0 Å². The summed E-state index contributed by atoms with van der Waals surface area (Å²) >= 11 is 0. The number of hydrogen-bond donors (Lipinski definition) is 2. The van der Waals surface area contributed by atoms with E-state index in [0.717, 1.165) is 29.0 Å². The molecule has 2 aromatic carbocycles. The lowest BCUT2D eigenvalue weighted by molar-refractivity contribution is 0.352. The van der Waals surface area contributed by atoms with Gasteiger partial charge in [0.15, 0.2) is 0 Å². The van der Waals surface area contributed by atoms with Crippen molar-refractivity contribution in [3.8, 4) is 5.75 Å². The van der Waals surface area contributed by atoms with Crippen LogP contribution in [0.15, 0.2) is 48.5 Å². The van der Waals surface area contributed by atoms with Crippen LogP contribution in [0.1, 0.15) is 38.2 Å². The molecule has 1 heterocycles. The molecule has 4 heteroatoms. The van der Waals surface area contributed by atoms with Crippen LogP contribution < -0.4 is 10.1 Å². The van der Waals surface area contributed by atoms with Gasteiger partial charge in [0.1, 0.15) is 11.6 Å². The van der Waals surface area contributed by atoms with Crippen molar-refractivity contribution >= 4 is 11.0 Å². The van der Waals surface area contributed by atoms with Gasteiger partial charge >= 0.3 is 0 Å². The molecule has 3 aromatic rings. The molecule has 0 fully saturated rings. The van der Waals surface area contributed by atoms with E-state index in [1.54, 1.807) is 7.11 Å². The fourth-order valence-corrected chi connectivity index (χ4v) is 3.27. The Morgan fingerprint density at radius 2 is 1.76 bits per heavy atom. The van der Waals surface area contributed by atoms with Gasteiger partial charge in [-0.2, -0.15) is 0 Å². The first-order valence-corrected chi connectivity index (χ1v) is 8.91. The molecule has 0 spiro atoms. The number of benzene rings is 2. The van der Waals surface area contributed by atoms with Crippen molar-refractivity contribution in [1.82, 2.24) is 15.3 Å². The average Bonchev–Trinajstić information content (AvgIpc) is 3.03. The average molecular weight is 337 g/mol. The van der Waals surface area contributed by atoms with Crippen LogP contribution in [0.2, 0.25) is 0 Å². The third-order valence-corrected chi connectivity index (χ3v) is 4.55. The number of H-pyrrole nitrogens is 1. The standard InChI is InChI=1S/C21H27N3O/c1-14(2)20(21-23-17-10-6-7-11-18(17)24-21)22-15(3)13-16-9-5-8-12-19(16)25-4/h5-12,14-15,20,22H,13H2,1-4H3,(H,23,24)/t15-,20+/m1/s1. The summed E-state index contributed by atoms with van der Waals surface area (Å²) in [4.78, 5) is 8.26. The van der Waals surface area contributed by atoms with E-state index in [9.17, 15) is 0 Å². The minimum absolute atomic E-state index is 0.178. The van der Waals surface area contributed by atoms with Gasteiger partial charge in [-0.25, -0.2) is 4.98 Å². The lowest BCUT2D eigenvalue weighted by Crippen LogP contribution is -2.35. The Labute approximate surface area is 149 Å². The van der Waals surface area contributed by atoms with Gasteiger partial charge in [-0.1, -0.05) is 44.2 Å². The Morgan fingerprint density at radius 1 is 1.04 bits per heavy atom. The fraction of sp³-hybridized carbons (Fsp3) is 0.381. The number of para-hydroxylation sites is 3. The number of imidazole rings is 1. The highest BCUT2D eigenvalue weighted by Crippen LogP contribution is 2.24. The van der Waals surface area contributed by atoms with Crippen molar-refractivity contribution in [2.75, 3.05) is 7.11 Å². The first-order chi connectivity index (χ1) is 12.1. The van der Waals surface area contributed by atoms with Crippen molar-refractivity contribution in [3.05, 3.63) is 59.9 Å². The van der Waals surface area contributed by atoms with Crippen LogP contribution >= 0.6 is 0 Å². The second-order valence-corrected chi connectivity index (χ2v) is 6.94. The van der Waals surface area contributed by atoms with E-state index in [1.807, 2.05) is 30.3 Å². The monoisotopic (exact) mass is 337 g/mol. The number of aromatic amines is 1. The number of methoxy groups -OCH3 is 1. The van der Waals surface area contributed by atoms with Crippen molar-refractivity contribution in [2.45, 2.75) is 39.3 Å². The maximum Gasteiger partial charge on any atom is 0.124 e. The summed E-state index contributed by atoms with van der Waals surface area (Å²) in [6.07, 6.45) is 0.910. The number of fused-ring (bicyclic) bond motifs is 1. The van der Waals surface area contributed by atoms with Crippen molar-refractivity contribution in [2.24, 2.45) is 5.92 Å². The maximum atomic E-state index is 5.48. The van der Waals surface area contributed by atoms with Gasteiger partial charge in [0.25, 0.3) is 0 Å². The molecule has 0 aliphatic heterocycles. The molecule has 3 rings (SSSR count). The van der Waals surface area contributed by atoms with Gasteiger partial charge in [-0.3, -0.25) is 0 Å². The molecule has 0 saturated heterocycles. The van der Waals surface area contributed by atoms with Crippen LogP contribution in [0, 0.1) is 5.92 Å². The van der Waals surface area contributed by atoms with Crippen molar-refractivity contribution in [1.29, 1.82) is 0 Å². The second kappa shape index (κ2) is 7.70. The Hall–Kier alpha value is -2.33. The summed E-state index contributed by atoms with van der Waals surface area (Å²) in [5, 5.41) is 3.74. The smallest absolute Gasteiger partial charge is 0.124 e. The maximum absolute atomic E-state index is 5.48. The highest BCUT2D eigenvalue weighted by molar-refractivity contribution is 5.74. The van der Waals surface area contributed by atoms with Crippen LogP contribution in [0.3, 0.4) is 0 Å². The van der Waals surface area contributed by atoms with Crippen molar-refractivity contribution < 1.29 is 4.74 Å². The lowest BCUT2D eigenvalue weighted by Gasteiger charge is -2.25. The van der Waals surface area contributed by atoms with Gasteiger partial charge in [0, 0.05) is 6.04 Å². The second-order valence-electron chi connectivity index (χ2n) is 6.94. The van der Waals surface area contributed by atoms with E-state index < -0.39 is 0 Å². The molecule has 1 aromatic heterocycles. The number of nitrogens with one attached hydrogen (secondary N) is 2. The van der Waals surface area contributed by atoms with E-state index >= 15 is 0 Å². The molecule has 0 saturated carbocycles. The summed E-state index contributed by atoms with van der Waals surface area (Å²) in [5.41, 5.74) is 3.32. The molecule has 0 amide bonds. The number of ether oxygens (including phenoxy) is 1. The van der Waals surface area contributed by atoms with Crippen LogP contribution in [0.4, 0.5) is 0 Å². The quantitative estimate of drug-likeness (QED) is 0.668. The van der Waals surface area contributed by atoms with E-state index in [1.165, 1.54) is 5.56 Å². The zero-order chi connectivity index (χ0) is 17.8. The van der Waals surface area contributed by atoms with Crippen LogP contribution in [0.25, 0.3) is 11.0 Å². The number of nitrogens with zero attached hydrogens (tertiary/aromatic N) is 1. The number of hydrogen-bond acceptors (Lipinski definition) is 3. The van der Waals surface area contributed by atoms with Crippen LogP contribution in [-0.4, -0.2) is 23.1 Å². The Morgan fingerprint density at radius 3 is 2.48 bits per heavy atom. The van der Waals surface area contributed by atoms with Crippen LogP contribution in [0.5, 0.6) is 5.75 Å². The minimum atomic E-state index is 0.178. The zero-order valence-corrected chi connectivity index (χ0v) is 15.4. The van der Waals surface area contributed by atoms with Crippen molar-refractivity contribution in [3.63, 3.8) is 0 Å². The topological polar surface area (TPSA) is 49.9 Å². The molecule has 132 valence electrons. The first-order valence-electron chi connectivity index (χ1n) is 8.91. The Kier molecular flexibility index (Phi) is 5.39. The fourth-order valence-electron chi connectivity index (χ4n) is 3.27. The molecule has 0 radical (unpaired) electrons. The van der Waals surface area contributed by atoms with E-state index in [0.29, 0.717) is 12.0 Å². The third-order valence-electron chi connectivity index (χ3n) is 4.55. The number of aromatic nitrogens is 2. The summed E-state index contributed by atoms with van der Waals surface area (Å²) < 4.78 is 5.48. The predicted octanol–water partition coefficient (Wildman–Crippen LogP) is 4.49. The minimum Gasteiger partial charge on any atom is -0.496 e. The SMILES string of the molecule is COc1ccccc1C[C@@H](C)N[C@H](c1nc2ccccc2[nH]1)C(C)C. The molecular weight excluding hydrogens is 310 g/mol. The highest BCUT2D eigenvalue weighted by Gasteiger charge is 2.22. The third kappa shape index (κ3) is 4.02. The Bertz CT molecular complexity index is 792. The molecule has 0 bridgehead atoms. The summed E-state index contributed by atoms with van der Waals surface area (Å²) in [5.74, 6) is 2.38. The van der Waals surface area contributed by atoms with Gasteiger partial charge in [0.05, 0.1) is 24.2 Å². The number of rotatable bonds is 7. The summed E-state index contributed by atoms with van der Waals surface area (Å²) in [7, 11) is 1.72. The molecule has 2 N–H and O–H groups in total. The summed E-state index contributed by atoms with van der Waals surface area (Å²) in [6, 6.07) is 16.9. The molecule has 2 atom stereocenters. The Balaban J connectivity index is 1.77. The first kappa shape index (κ1) is 17.5. The van der Waals surface area contributed by atoms with Gasteiger partial charge in [-0.05, 0) is 43.0 Å². The summed E-state index contributed by atoms with van der Waals surface area (Å²) in [6.45, 7) is 6.66. The van der Waals surface area contributed by atoms with Gasteiger partial charge < -0.3 is 15.0 Å². The molecule has 0 unspecified atom stereocenters.